The second-order valence-corrected chi connectivity index (χ2v) is 7.38. The van der Waals surface area contributed by atoms with Gasteiger partial charge in [0.05, 0.1) is 0 Å². The number of nitrogens with zero attached hydrogens (tertiary/aromatic N) is 1. The Morgan fingerprint density at radius 1 is 1.24 bits per heavy atom. The summed E-state index contributed by atoms with van der Waals surface area (Å²) in [6.07, 6.45) is 2.47. The molecule has 1 atom stereocenters. The van der Waals surface area contributed by atoms with Crippen molar-refractivity contribution >= 4 is 5.69 Å². The first-order chi connectivity index (χ1) is 9.82. The van der Waals surface area contributed by atoms with Crippen LogP contribution in [0.2, 0.25) is 0 Å². The fraction of sp³-hybridized carbons (Fsp3) is 0.667. The van der Waals surface area contributed by atoms with Crippen molar-refractivity contribution < 1.29 is 5.11 Å². The molecule has 1 aromatic carbocycles. The smallest absolute Gasteiger partial charge is 0.122 e. The molecule has 3 nitrogen and oxygen atoms in total. The molecule has 0 spiro atoms. The van der Waals surface area contributed by atoms with E-state index in [4.69, 9.17) is 0 Å². The van der Waals surface area contributed by atoms with Gasteiger partial charge in [0.1, 0.15) is 5.75 Å². The topological polar surface area (TPSA) is 35.5 Å². The van der Waals surface area contributed by atoms with Crippen LogP contribution >= 0.6 is 0 Å². The molecule has 0 aliphatic carbocycles. The maximum absolute atomic E-state index is 10.2. The molecule has 0 bridgehead atoms. The monoisotopic (exact) mass is 290 g/mol. The van der Waals surface area contributed by atoms with E-state index in [1.807, 2.05) is 19.2 Å². The molecule has 2 N–H and O–H groups in total. The highest BCUT2D eigenvalue weighted by molar-refractivity contribution is 5.54. The highest BCUT2D eigenvalue weighted by Gasteiger charge is 2.29. The van der Waals surface area contributed by atoms with Gasteiger partial charge >= 0.3 is 0 Å². The number of rotatable bonds is 3. The third kappa shape index (κ3) is 3.70. The Kier molecular flexibility index (Phi) is 4.82. The molecule has 1 fully saturated rings. The lowest BCUT2D eigenvalue weighted by Crippen LogP contribution is -2.38. The van der Waals surface area contributed by atoms with Crippen LogP contribution in [0.1, 0.15) is 52.1 Å². The van der Waals surface area contributed by atoms with Gasteiger partial charge in [-0.25, -0.2) is 0 Å². The summed E-state index contributed by atoms with van der Waals surface area (Å²) < 4.78 is 0. The SMILES string of the molecule is CNC(C)c1ccc(N2CCC(C(C)(C)C)CC2)cc1O. The zero-order valence-corrected chi connectivity index (χ0v) is 14.1. The van der Waals surface area contributed by atoms with Gasteiger partial charge in [0, 0.05) is 36.4 Å². The molecule has 1 aromatic rings. The summed E-state index contributed by atoms with van der Waals surface area (Å²) in [5, 5.41) is 13.4. The van der Waals surface area contributed by atoms with Gasteiger partial charge in [0.25, 0.3) is 0 Å². The third-order valence-corrected chi connectivity index (χ3v) is 5.00. The maximum Gasteiger partial charge on any atom is 0.122 e. The van der Waals surface area contributed by atoms with Crippen LogP contribution in [0.25, 0.3) is 0 Å². The Morgan fingerprint density at radius 2 is 1.86 bits per heavy atom. The standard InChI is InChI=1S/C18H30N2O/c1-13(19-5)16-7-6-15(12-17(16)21)20-10-8-14(9-11-20)18(2,3)4/h6-7,12-14,19,21H,8-11H2,1-5H3. The number of nitrogens with one attached hydrogen (secondary N) is 1. The Bertz CT molecular complexity index is 471. The van der Waals surface area contributed by atoms with Gasteiger partial charge < -0.3 is 15.3 Å². The number of hydrogen-bond acceptors (Lipinski definition) is 3. The van der Waals surface area contributed by atoms with Crippen molar-refractivity contribution in [2.45, 2.75) is 46.6 Å². The van der Waals surface area contributed by atoms with E-state index in [-0.39, 0.29) is 6.04 Å². The van der Waals surface area contributed by atoms with Crippen molar-refractivity contribution in [1.82, 2.24) is 5.32 Å². The molecule has 21 heavy (non-hydrogen) atoms. The van der Waals surface area contributed by atoms with Crippen molar-refractivity contribution in [2.24, 2.45) is 11.3 Å². The van der Waals surface area contributed by atoms with Crippen LogP contribution in [-0.4, -0.2) is 25.2 Å². The Hall–Kier alpha value is -1.22. The summed E-state index contributed by atoms with van der Waals surface area (Å²) in [6, 6.07) is 6.27. The molecule has 2 rings (SSSR count). The Balaban J connectivity index is 2.06. The first kappa shape index (κ1) is 16.2. The molecule has 1 heterocycles. The average molecular weight is 290 g/mol. The molecule has 1 aliphatic rings. The van der Waals surface area contributed by atoms with E-state index in [9.17, 15) is 5.11 Å². The van der Waals surface area contributed by atoms with Crippen molar-refractivity contribution in [3.05, 3.63) is 23.8 Å². The van der Waals surface area contributed by atoms with E-state index in [1.54, 1.807) is 0 Å². The first-order valence-electron chi connectivity index (χ1n) is 8.08. The molecule has 0 aromatic heterocycles. The minimum absolute atomic E-state index is 0.172. The lowest BCUT2D eigenvalue weighted by Gasteiger charge is -2.39. The number of hydrogen-bond donors (Lipinski definition) is 2. The molecule has 118 valence electrons. The van der Waals surface area contributed by atoms with Crippen LogP contribution in [0.3, 0.4) is 0 Å². The van der Waals surface area contributed by atoms with Crippen LogP contribution < -0.4 is 10.2 Å². The van der Waals surface area contributed by atoms with Gasteiger partial charge in [-0.3, -0.25) is 0 Å². The van der Waals surface area contributed by atoms with Crippen LogP contribution in [0.5, 0.6) is 5.75 Å². The van der Waals surface area contributed by atoms with E-state index < -0.39 is 0 Å². The molecule has 0 radical (unpaired) electrons. The number of phenols is 1. The molecular formula is C18H30N2O. The number of anilines is 1. The summed E-state index contributed by atoms with van der Waals surface area (Å²) in [5.41, 5.74) is 2.51. The number of piperidine rings is 1. The van der Waals surface area contributed by atoms with Gasteiger partial charge in [-0.1, -0.05) is 26.8 Å². The van der Waals surface area contributed by atoms with E-state index in [2.05, 4.69) is 44.0 Å². The quantitative estimate of drug-likeness (QED) is 0.885. The maximum atomic E-state index is 10.2. The van der Waals surface area contributed by atoms with Crippen molar-refractivity contribution in [3.8, 4) is 5.75 Å². The summed E-state index contributed by atoms with van der Waals surface area (Å²) in [4.78, 5) is 2.40. The van der Waals surface area contributed by atoms with Gasteiger partial charge in [-0.15, -0.1) is 0 Å². The van der Waals surface area contributed by atoms with Gasteiger partial charge in [0.2, 0.25) is 0 Å². The van der Waals surface area contributed by atoms with Crippen molar-refractivity contribution in [1.29, 1.82) is 0 Å². The normalized spacial score (nSPS) is 18.8. The van der Waals surface area contributed by atoms with E-state index >= 15 is 0 Å². The first-order valence-corrected chi connectivity index (χ1v) is 8.08. The average Bonchev–Trinajstić information content (AvgIpc) is 2.45. The zero-order chi connectivity index (χ0) is 15.6. The van der Waals surface area contributed by atoms with Crippen LogP contribution in [0, 0.1) is 11.3 Å². The second-order valence-electron chi connectivity index (χ2n) is 7.38. The van der Waals surface area contributed by atoms with Gasteiger partial charge in [-0.05, 0) is 44.2 Å². The fourth-order valence-corrected chi connectivity index (χ4v) is 3.25. The number of benzene rings is 1. The van der Waals surface area contributed by atoms with E-state index in [0.717, 1.165) is 30.3 Å². The van der Waals surface area contributed by atoms with E-state index in [0.29, 0.717) is 11.2 Å². The Morgan fingerprint density at radius 3 is 2.33 bits per heavy atom. The predicted molar refractivity (Wildman–Crippen MR) is 90.0 cm³/mol. The highest BCUT2D eigenvalue weighted by atomic mass is 16.3. The second kappa shape index (κ2) is 6.27. The Labute approximate surface area is 129 Å². The lowest BCUT2D eigenvalue weighted by molar-refractivity contribution is 0.199. The van der Waals surface area contributed by atoms with Gasteiger partial charge in [0.15, 0.2) is 0 Å². The third-order valence-electron chi connectivity index (χ3n) is 5.00. The number of phenolic OH excluding ortho intramolecular Hbond substituents is 1. The van der Waals surface area contributed by atoms with Crippen molar-refractivity contribution in [3.63, 3.8) is 0 Å². The summed E-state index contributed by atoms with van der Waals surface area (Å²) in [6.45, 7) is 11.3. The molecular weight excluding hydrogens is 260 g/mol. The van der Waals surface area contributed by atoms with Crippen LogP contribution in [0.15, 0.2) is 18.2 Å². The zero-order valence-electron chi connectivity index (χ0n) is 14.1. The van der Waals surface area contributed by atoms with Crippen molar-refractivity contribution in [2.75, 3.05) is 25.0 Å². The molecule has 1 saturated heterocycles. The van der Waals surface area contributed by atoms with Crippen LogP contribution in [0.4, 0.5) is 5.69 Å². The van der Waals surface area contributed by atoms with Gasteiger partial charge in [-0.2, -0.15) is 0 Å². The fourth-order valence-electron chi connectivity index (χ4n) is 3.25. The summed E-state index contributed by atoms with van der Waals surface area (Å²) in [7, 11) is 1.91. The molecule has 3 heteroatoms. The molecule has 1 unspecified atom stereocenters. The summed E-state index contributed by atoms with van der Waals surface area (Å²) >= 11 is 0. The largest absolute Gasteiger partial charge is 0.508 e. The lowest BCUT2D eigenvalue weighted by atomic mass is 9.75. The molecule has 0 amide bonds. The molecule has 1 aliphatic heterocycles. The van der Waals surface area contributed by atoms with Crippen LogP contribution in [-0.2, 0) is 0 Å². The minimum Gasteiger partial charge on any atom is -0.508 e. The summed E-state index contributed by atoms with van der Waals surface area (Å²) in [5.74, 6) is 1.19. The van der Waals surface area contributed by atoms with E-state index in [1.165, 1.54) is 12.8 Å². The molecule has 0 saturated carbocycles. The highest BCUT2D eigenvalue weighted by Crippen LogP contribution is 2.36. The number of aromatic hydroxyl groups is 1. The predicted octanol–water partition coefficient (Wildman–Crippen LogP) is 3.94. The minimum atomic E-state index is 0.172.